The summed E-state index contributed by atoms with van der Waals surface area (Å²) in [5.41, 5.74) is 3.01. The van der Waals surface area contributed by atoms with Crippen molar-refractivity contribution < 1.29 is 4.42 Å². The van der Waals surface area contributed by atoms with Crippen LogP contribution in [0.1, 0.15) is 5.89 Å². The molecule has 1 aliphatic rings. The zero-order chi connectivity index (χ0) is 13.7. The molecule has 0 unspecified atom stereocenters. The Morgan fingerprint density at radius 1 is 1.05 bits per heavy atom. The molecule has 4 heteroatoms. The SMILES string of the molecule is Cc1nc2c(o1)-c1cc(Cl)ccc1Sc1ccccc1-2. The lowest BCUT2D eigenvalue weighted by molar-refractivity contribution is 0.533. The molecule has 0 fully saturated rings. The van der Waals surface area contributed by atoms with Crippen LogP contribution in [0.4, 0.5) is 0 Å². The van der Waals surface area contributed by atoms with E-state index in [0.717, 1.165) is 27.5 Å². The van der Waals surface area contributed by atoms with Crippen molar-refractivity contribution in [2.45, 2.75) is 16.7 Å². The largest absolute Gasteiger partial charge is 0.440 e. The highest BCUT2D eigenvalue weighted by molar-refractivity contribution is 7.99. The molecule has 0 radical (unpaired) electrons. The summed E-state index contributed by atoms with van der Waals surface area (Å²) in [7, 11) is 0. The fourth-order valence-electron chi connectivity index (χ4n) is 2.43. The maximum Gasteiger partial charge on any atom is 0.192 e. The number of hydrogen-bond acceptors (Lipinski definition) is 3. The highest BCUT2D eigenvalue weighted by Crippen LogP contribution is 2.48. The van der Waals surface area contributed by atoms with Crippen LogP contribution in [-0.2, 0) is 0 Å². The maximum atomic E-state index is 6.14. The van der Waals surface area contributed by atoms with Gasteiger partial charge in [-0.15, -0.1) is 0 Å². The second-order valence-corrected chi connectivity index (χ2v) is 6.17. The van der Waals surface area contributed by atoms with Gasteiger partial charge in [-0.3, -0.25) is 0 Å². The second-order valence-electron chi connectivity index (χ2n) is 4.65. The molecule has 1 aromatic heterocycles. The smallest absolute Gasteiger partial charge is 0.192 e. The third-order valence-corrected chi connectivity index (χ3v) is 4.67. The summed E-state index contributed by atoms with van der Waals surface area (Å²) >= 11 is 7.86. The molecule has 3 aromatic rings. The summed E-state index contributed by atoms with van der Waals surface area (Å²) in [6.45, 7) is 1.87. The fraction of sp³-hybridized carbons (Fsp3) is 0.0625. The number of fused-ring (bicyclic) bond motifs is 5. The Kier molecular flexibility index (Phi) is 2.65. The van der Waals surface area contributed by atoms with Crippen LogP contribution in [0.25, 0.3) is 22.6 Å². The van der Waals surface area contributed by atoms with Crippen molar-refractivity contribution in [2.24, 2.45) is 0 Å². The molecule has 2 heterocycles. The van der Waals surface area contributed by atoms with Gasteiger partial charge in [-0.05, 0) is 24.3 Å². The van der Waals surface area contributed by atoms with Crippen LogP contribution in [-0.4, -0.2) is 4.98 Å². The molecule has 4 rings (SSSR count). The number of oxazole rings is 1. The first-order chi connectivity index (χ1) is 9.72. The van der Waals surface area contributed by atoms with E-state index in [1.54, 1.807) is 11.8 Å². The van der Waals surface area contributed by atoms with Gasteiger partial charge in [-0.1, -0.05) is 41.6 Å². The highest BCUT2D eigenvalue weighted by Gasteiger charge is 2.24. The van der Waals surface area contributed by atoms with Gasteiger partial charge in [0.1, 0.15) is 5.69 Å². The minimum absolute atomic E-state index is 0.669. The summed E-state index contributed by atoms with van der Waals surface area (Å²) in [6, 6.07) is 14.1. The Bertz CT molecular complexity index is 825. The van der Waals surface area contributed by atoms with Crippen molar-refractivity contribution in [1.29, 1.82) is 0 Å². The Hall–Kier alpha value is -1.71. The quantitative estimate of drug-likeness (QED) is 0.433. The summed E-state index contributed by atoms with van der Waals surface area (Å²) in [4.78, 5) is 6.88. The van der Waals surface area contributed by atoms with E-state index in [2.05, 4.69) is 17.1 Å². The molecule has 0 saturated carbocycles. The monoisotopic (exact) mass is 299 g/mol. The minimum Gasteiger partial charge on any atom is -0.440 e. The van der Waals surface area contributed by atoms with E-state index in [9.17, 15) is 0 Å². The van der Waals surface area contributed by atoms with Crippen molar-refractivity contribution in [1.82, 2.24) is 4.98 Å². The van der Waals surface area contributed by atoms with Crippen LogP contribution in [0.5, 0.6) is 0 Å². The van der Waals surface area contributed by atoms with Crippen molar-refractivity contribution in [3.05, 3.63) is 53.4 Å². The molecule has 0 bridgehead atoms. The lowest BCUT2D eigenvalue weighted by atomic mass is 10.1. The van der Waals surface area contributed by atoms with Gasteiger partial charge in [0.05, 0.1) is 0 Å². The second kappa shape index (κ2) is 4.40. The van der Waals surface area contributed by atoms with Gasteiger partial charge in [0.25, 0.3) is 0 Å². The normalized spacial score (nSPS) is 12.3. The molecule has 2 nitrogen and oxygen atoms in total. The third kappa shape index (κ3) is 1.78. The molecule has 98 valence electrons. The summed E-state index contributed by atoms with van der Waals surface area (Å²) < 4.78 is 5.84. The number of hydrogen-bond donors (Lipinski definition) is 0. The first-order valence-corrected chi connectivity index (χ1v) is 7.46. The molecule has 0 N–H and O–H groups in total. The topological polar surface area (TPSA) is 26.0 Å². The molecular formula is C16H10ClNOS. The standard InChI is InChI=1S/C16H10ClNOS/c1-9-18-15-11-4-2-3-5-13(11)20-14-7-6-10(17)8-12(14)16(15)19-9/h2-8H,1H3. The maximum absolute atomic E-state index is 6.14. The van der Waals surface area contributed by atoms with Gasteiger partial charge in [-0.2, -0.15) is 0 Å². The van der Waals surface area contributed by atoms with Crippen LogP contribution in [0.2, 0.25) is 5.02 Å². The molecule has 20 heavy (non-hydrogen) atoms. The molecule has 0 atom stereocenters. The zero-order valence-corrected chi connectivity index (χ0v) is 12.3. The average molecular weight is 300 g/mol. The Labute approximate surface area is 125 Å². The van der Waals surface area contributed by atoms with E-state index in [1.165, 1.54) is 4.90 Å². The van der Waals surface area contributed by atoms with Gasteiger partial charge in [0, 0.05) is 32.9 Å². The van der Waals surface area contributed by atoms with Crippen LogP contribution in [0.15, 0.2) is 56.7 Å². The molecular weight excluding hydrogens is 290 g/mol. The third-order valence-electron chi connectivity index (χ3n) is 3.28. The van der Waals surface area contributed by atoms with Crippen LogP contribution >= 0.6 is 23.4 Å². The predicted molar refractivity (Wildman–Crippen MR) is 81.2 cm³/mol. The van der Waals surface area contributed by atoms with Gasteiger partial charge in [-0.25, -0.2) is 4.98 Å². The van der Waals surface area contributed by atoms with Crippen LogP contribution in [0.3, 0.4) is 0 Å². The molecule has 0 amide bonds. The summed E-state index contributed by atoms with van der Waals surface area (Å²) in [5.74, 6) is 1.47. The molecule has 1 aliphatic heterocycles. The van der Waals surface area contributed by atoms with E-state index in [0.29, 0.717) is 10.9 Å². The Balaban J connectivity index is 2.11. The molecule has 0 spiro atoms. The number of nitrogens with zero attached hydrogens (tertiary/aromatic N) is 1. The highest BCUT2D eigenvalue weighted by atomic mass is 35.5. The predicted octanol–water partition coefficient (Wildman–Crippen LogP) is 5.44. The summed E-state index contributed by atoms with van der Waals surface area (Å²) in [5, 5.41) is 0.704. The van der Waals surface area contributed by atoms with Gasteiger partial charge < -0.3 is 4.42 Å². The van der Waals surface area contributed by atoms with Crippen molar-refractivity contribution in [3.63, 3.8) is 0 Å². The average Bonchev–Trinajstić information content (AvgIpc) is 2.78. The van der Waals surface area contributed by atoms with Crippen molar-refractivity contribution in [3.8, 4) is 22.6 Å². The van der Waals surface area contributed by atoms with E-state index in [-0.39, 0.29) is 0 Å². The van der Waals surface area contributed by atoms with Gasteiger partial charge in [0.2, 0.25) is 0 Å². The minimum atomic E-state index is 0.669. The zero-order valence-electron chi connectivity index (χ0n) is 10.7. The lowest BCUT2D eigenvalue weighted by Crippen LogP contribution is -1.82. The molecule has 2 aromatic carbocycles. The van der Waals surface area contributed by atoms with Gasteiger partial charge >= 0.3 is 0 Å². The lowest BCUT2D eigenvalue weighted by Gasteiger charge is -2.05. The first-order valence-electron chi connectivity index (χ1n) is 6.27. The van der Waals surface area contributed by atoms with Gasteiger partial charge in [0.15, 0.2) is 11.7 Å². The summed E-state index contributed by atoms with van der Waals surface area (Å²) in [6.07, 6.45) is 0. The van der Waals surface area contributed by atoms with Crippen molar-refractivity contribution >= 4 is 23.4 Å². The molecule has 0 saturated heterocycles. The Morgan fingerprint density at radius 3 is 2.75 bits per heavy atom. The number of benzene rings is 2. The Morgan fingerprint density at radius 2 is 1.85 bits per heavy atom. The molecule has 0 aliphatic carbocycles. The van der Waals surface area contributed by atoms with Crippen molar-refractivity contribution in [2.75, 3.05) is 0 Å². The number of aromatic nitrogens is 1. The number of aryl methyl sites for hydroxylation is 1. The number of rotatable bonds is 0. The fourth-order valence-corrected chi connectivity index (χ4v) is 3.66. The van der Waals surface area contributed by atoms with E-state index < -0.39 is 0 Å². The number of halogens is 1. The van der Waals surface area contributed by atoms with E-state index >= 15 is 0 Å². The van der Waals surface area contributed by atoms with E-state index in [1.807, 2.05) is 37.3 Å². The van der Waals surface area contributed by atoms with Crippen LogP contribution < -0.4 is 0 Å². The first kappa shape index (κ1) is 12.1. The van der Waals surface area contributed by atoms with E-state index in [4.69, 9.17) is 16.0 Å². The van der Waals surface area contributed by atoms with Crippen LogP contribution in [0, 0.1) is 6.92 Å².